The third-order valence-corrected chi connectivity index (χ3v) is 7.97. The number of para-hydroxylation sites is 2. The molecule has 0 unspecified atom stereocenters. The molecule has 2 fully saturated rings. The molecule has 2 aliphatic rings. The number of hydrogen-bond acceptors (Lipinski definition) is 6. The van der Waals surface area contributed by atoms with Gasteiger partial charge in [0.1, 0.15) is 17.0 Å². The molecule has 2 aliphatic heterocycles. The maximum Gasteiger partial charge on any atom is 0.259 e. The van der Waals surface area contributed by atoms with E-state index in [-0.39, 0.29) is 22.8 Å². The SMILES string of the molecule is CC(=O)N1CCN(c2ccc3c(=O)c(C(=O)NCCN4CCCC4)c4n(C)c5ccccc5n4c3n2)CC1. The molecule has 198 valence electrons. The topological polar surface area (TPSA) is 95.2 Å². The Morgan fingerprint density at radius 3 is 2.37 bits per heavy atom. The van der Waals surface area contributed by atoms with E-state index < -0.39 is 0 Å². The van der Waals surface area contributed by atoms with E-state index in [1.807, 2.05) is 51.2 Å². The molecule has 0 atom stereocenters. The first-order valence-corrected chi connectivity index (χ1v) is 13.4. The number of fused-ring (bicyclic) bond motifs is 5. The summed E-state index contributed by atoms with van der Waals surface area (Å²) in [6.07, 6.45) is 2.38. The number of pyridine rings is 2. The first kappa shape index (κ1) is 24.4. The molecule has 4 aromatic rings. The molecular formula is C28H33N7O3. The molecule has 0 radical (unpaired) electrons. The van der Waals surface area contributed by atoms with E-state index in [9.17, 15) is 14.4 Å². The third-order valence-electron chi connectivity index (χ3n) is 7.97. The molecule has 6 rings (SSSR count). The highest BCUT2D eigenvalue weighted by Crippen LogP contribution is 2.27. The predicted molar refractivity (Wildman–Crippen MR) is 148 cm³/mol. The largest absolute Gasteiger partial charge is 0.353 e. The fourth-order valence-electron chi connectivity index (χ4n) is 5.88. The molecule has 0 aliphatic carbocycles. The summed E-state index contributed by atoms with van der Waals surface area (Å²) < 4.78 is 3.85. The molecular weight excluding hydrogens is 482 g/mol. The fourth-order valence-corrected chi connectivity index (χ4v) is 5.88. The van der Waals surface area contributed by atoms with Crippen LogP contribution in [0.5, 0.6) is 0 Å². The smallest absolute Gasteiger partial charge is 0.259 e. The Labute approximate surface area is 220 Å². The number of nitrogens with one attached hydrogen (secondary N) is 1. The number of carbonyl (C=O) groups excluding carboxylic acids is 2. The van der Waals surface area contributed by atoms with Gasteiger partial charge in [-0.15, -0.1) is 0 Å². The molecule has 0 spiro atoms. The molecule has 0 bridgehead atoms. The number of piperazine rings is 1. The number of benzene rings is 1. The standard InChI is InChI=1S/C28H33N7O3/c1-19(36)33-15-17-34(18-16-33)23-10-9-20-25(37)24(27(38)29-11-14-32-12-5-6-13-32)28-31(2)21-7-3-4-8-22(21)35(28)26(20)30-23/h3-4,7-10H,5-6,11-18H2,1-2H3,(H,29,38). The number of nitrogens with zero attached hydrogens (tertiary/aromatic N) is 6. The quantitative estimate of drug-likeness (QED) is 0.436. The number of aromatic nitrogens is 3. The Morgan fingerprint density at radius 1 is 0.947 bits per heavy atom. The first-order chi connectivity index (χ1) is 18.4. The van der Waals surface area contributed by atoms with Gasteiger partial charge in [-0.2, -0.15) is 0 Å². The molecule has 3 aromatic heterocycles. The van der Waals surface area contributed by atoms with Crippen LogP contribution in [0.2, 0.25) is 0 Å². The van der Waals surface area contributed by atoms with Crippen molar-refractivity contribution in [1.82, 2.24) is 29.1 Å². The van der Waals surface area contributed by atoms with Gasteiger partial charge in [-0.1, -0.05) is 12.1 Å². The van der Waals surface area contributed by atoms with E-state index in [0.717, 1.165) is 36.5 Å². The summed E-state index contributed by atoms with van der Waals surface area (Å²) in [6, 6.07) is 11.5. The second kappa shape index (κ2) is 9.75. The maximum atomic E-state index is 13.8. The van der Waals surface area contributed by atoms with E-state index in [1.165, 1.54) is 12.8 Å². The Balaban J connectivity index is 1.45. The number of hydrogen-bond donors (Lipinski definition) is 1. The lowest BCUT2D eigenvalue weighted by atomic mass is 10.1. The van der Waals surface area contributed by atoms with Gasteiger partial charge in [0.15, 0.2) is 5.65 Å². The summed E-state index contributed by atoms with van der Waals surface area (Å²) in [5, 5.41) is 3.42. The Hall–Kier alpha value is -3.92. The molecule has 10 nitrogen and oxygen atoms in total. The number of likely N-dealkylation sites (tertiary alicyclic amines) is 1. The number of amides is 2. The van der Waals surface area contributed by atoms with Crippen LogP contribution in [0.3, 0.4) is 0 Å². The van der Waals surface area contributed by atoms with Gasteiger partial charge in [-0.25, -0.2) is 4.98 Å². The summed E-state index contributed by atoms with van der Waals surface area (Å²) >= 11 is 0. The van der Waals surface area contributed by atoms with Crippen LogP contribution < -0.4 is 15.6 Å². The van der Waals surface area contributed by atoms with Crippen molar-refractivity contribution in [3.8, 4) is 0 Å². The molecule has 0 saturated carbocycles. The molecule has 1 aromatic carbocycles. The number of imidazole rings is 1. The summed E-state index contributed by atoms with van der Waals surface area (Å²) in [7, 11) is 1.88. The number of anilines is 1. The number of rotatable bonds is 5. The Bertz CT molecular complexity index is 1610. The highest BCUT2D eigenvalue weighted by molar-refractivity contribution is 6.05. The minimum absolute atomic E-state index is 0.0753. The van der Waals surface area contributed by atoms with E-state index in [2.05, 4.69) is 15.1 Å². The van der Waals surface area contributed by atoms with Crippen LogP contribution in [-0.2, 0) is 11.8 Å². The van der Waals surface area contributed by atoms with Gasteiger partial charge in [0.05, 0.1) is 16.4 Å². The zero-order valence-corrected chi connectivity index (χ0v) is 21.9. The van der Waals surface area contributed by atoms with Crippen molar-refractivity contribution in [2.24, 2.45) is 7.05 Å². The molecule has 10 heteroatoms. The first-order valence-electron chi connectivity index (χ1n) is 13.4. The zero-order chi connectivity index (χ0) is 26.4. The van der Waals surface area contributed by atoms with Gasteiger partial charge >= 0.3 is 0 Å². The van der Waals surface area contributed by atoms with Crippen molar-refractivity contribution in [1.29, 1.82) is 0 Å². The minimum atomic E-state index is -0.357. The van der Waals surface area contributed by atoms with Crippen molar-refractivity contribution in [2.75, 3.05) is 57.3 Å². The average Bonchev–Trinajstić information content (AvgIpc) is 3.55. The monoisotopic (exact) mass is 515 g/mol. The fraction of sp³-hybridized carbons (Fsp3) is 0.429. The molecule has 5 heterocycles. The van der Waals surface area contributed by atoms with Crippen LogP contribution in [0.1, 0.15) is 30.1 Å². The van der Waals surface area contributed by atoms with E-state index >= 15 is 0 Å². The number of carbonyl (C=O) groups is 2. The van der Waals surface area contributed by atoms with Crippen molar-refractivity contribution in [3.05, 3.63) is 52.2 Å². The normalized spacial score (nSPS) is 16.7. The van der Waals surface area contributed by atoms with Crippen molar-refractivity contribution < 1.29 is 9.59 Å². The lowest BCUT2D eigenvalue weighted by Crippen LogP contribution is -2.48. The van der Waals surface area contributed by atoms with Crippen LogP contribution in [0.4, 0.5) is 5.82 Å². The molecule has 1 N–H and O–H groups in total. The van der Waals surface area contributed by atoms with Crippen molar-refractivity contribution in [3.63, 3.8) is 0 Å². The van der Waals surface area contributed by atoms with Crippen LogP contribution in [-0.4, -0.2) is 87.9 Å². The third kappa shape index (κ3) is 4.09. The van der Waals surface area contributed by atoms with E-state index in [4.69, 9.17) is 4.98 Å². The molecule has 2 saturated heterocycles. The summed E-state index contributed by atoms with van der Waals surface area (Å²) in [5.74, 6) is 0.472. The van der Waals surface area contributed by atoms with Crippen molar-refractivity contribution >= 4 is 45.3 Å². The van der Waals surface area contributed by atoms with Crippen LogP contribution >= 0.6 is 0 Å². The van der Waals surface area contributed by atoms with Crippen LogP contribution in [0.25, 0.3) is 27.7 Å². The molecule has 2 amide bonds. The van der Waals surface area contributed by atoms with Gasteiger partial charge in [-0.05, 0) is 50.2 Å². The van der Waals surface area contributed by atoms with E-state index in [0.29, 0.717) is 49.4 Å². The van der Waals surface area contributed by atoms with Crippen LogP contribution in [0, 0.1) is 0 Å². The van der Waals surface area contributed by atoms with Gasteiger partial charge in [0, 0.05) is 53.2 Å². The zero-order valence-electron chi connectivity index (χ0n) is 21.9. The number of aryl methyl sites for hydroxylation is 1. The van der Waals surface area contributed by atoms with Gasteiger partial charge in [0.25, 0.3) is 5.91 Å². The summed E-state index contributed by atoms with van der Waals surface area (Å²) in [6.45, 7) is 7.58. The highest BCUT2D eigenvalue weighted by Gasteiger charge is 2.26. The molecule has 38 heavy (non-hydrogen) atoms. The average molecular weight is 516 g/mol. The minimum Gasteiger partial charge on any atom is -0.353 e. The van der Waals surface area contributed by atoms with Gasteiger partial charge < -0.3 is 24.6 Å². The van der Waals surface area contributed by atoms with Crippen LogP contribution in [0.15, 0.2) is 41.2 Å². The Kier molecular flexibility index (Phi) is 6.27. The summed E-state index contributed by atoms with van der Waals surface area (Å²) in [4.78, 5) is 50.4. The maximum absolute atomic E-state index is 13.8. The van der Waals surface area contributed by atoms with E-state index in [1.54, 1.807) is 13.0 Å². The predicted octanol–water partition coefficient (Wildman–Crippen LogP) is 1.83. The Morgan fingerprint density at radius 2 is 1.66 bits per heavy atom. The lowest BCUT2D eigenvalue weighted by molar-refractivity contribution is -0.129. The highest BCUT2D eigenvalue weighted by atomic mass is 16.2. The summed E-state index contributed by atoms with van der Waals surface area (Å²) in [5.41, 5.74) is 2.68. The van der Waals surface area contributed by atoms with Gasteiger partial charge in [-0.3, -0.25) is 18.8 Å². The second-order valence-corrected chi connectivity index (χ2v) is 10.2. The second-order valence-electron chi connectivity index (χ2n) is 10.2. The van der Waals surface area contributed by atoms with Crippen molar-refractivity contribution in [2.45, 2.75) is 19.8 Å². The lowest BCUT2D eigenvalue weighted by Gasteiger charge is -2.35. The van der Waals surface area contributed by atoms with Gasteiger partial charge in [0.2, 0.25) is 11.3 Å².